The number of fused-ring (bicyclic) bond motifs is 1. The van der Waals surface area contributed by atoms with Crippen LogP contribution < -0.4 is 5.73 Å². The van der Waals surface area contributed by atoms with E-state index < -0.39 is 0 Å². The monoisotopic (exact) mass is 237 g/mol. The third-order valence-electron chi connectivity index (χ3n) is 2.43. The highest BCUT2D eigenvalue weighted by atomic mass is 32.2. The van der Waals surface area contributed by atoms with Crippen LogP contribution in [0.25, 0.3) is 5.65 Å². The van der Waals surface area contributed by atoms with Gasteiger partial charge in [-0.3, -0.25) is 4.40 Å². The molecule has 6 heteroatoms. The van der Waals surface area contributed by atoms with Crippen molar-refractivity contribution < 1.29 is 0 Å². The minimum atomic E-state index is -0.0769. The smallest absolute Gasteiger partial charge is 0.163 e. The summed E-state index contributed by atoms with van der Waals surface area (Å²) in [5.74, 6) is 1.81. The van der Waals surface area contributed by atoms with Crippen LogP contribution in [-0.2, 0) is 0 Å². The first-order valence-electron chi connectivity index (χ1n) is 5.14. The van der Waals surface area contributed by atoms with E-state index in [2.05, 4.69) is 21.4 Å². The Morgan fingerprint density at radius 2 is 2.31 bits per heavy atom. The Hall–Kier alpha value is -1.14. The Bertz CT molecular complexity index is 481. The Balaban J connectivity index is 2.31. The van der Waals surface area contributed by atoms with Crippen molar-refractivity contribution in [3.05, 3.63) is 23.9 Å². The Labute approximate surface area is 98.5 Å². The molecule has 1 atom stereocenters. The Morgan fingerprint density at radius 3 is 3.06 bits per heavy atom. The van der Waals surface area contributed by atoms with Gasteiger partial charge in [0.15, 0.2) is 11.5 Å². The summed E-state index contributed by atoms with van der Waals surface area (Å²) in [6, 6.07) is 1.82. The molecule has 0 saturated carbocycles. The molecule has 0 aromatic carbocycles. The zero-order valence-corrected chi connectivity index (χ0v) is 10.2. The lowest BCUT2D eigenvalue weighted by Crippen LogP contribution is -2.15. The quantitative estimate of drug-likeness (QED) is 0.865. The Morgan fingerprint density at radius 1 is 1.50 bits per heavy atom. The fraction of sp³-hybridized carbons (Fsp3) is 0.500. The van der Waals surface area contributed by atoms with Gasteiger partial charge in [-0.2, -0.15) is 11.8 Å². The summed E-state index contributed by atoms with van der Waals surface area (Å²) in [5, 5.41) is 8.22. The van der Waals surface area contributed by atoms with Crippen molar-refractivity contribution >= 4 is 17.4 Å². The maximum atomic E-state index is 6.07. The number of hydrogen-bond acceptors (Lipinski definition) is 5. The van der Waals surface area contributed by atoms with Crippen LogP contribution in [-0.4, -0.2) is 31.6 Å². The van der Waals surface area contributed by atoms with Gasteiger partial charge in [0, 0.05) is 11.8 Å². The molecule has 5 nitrogen and oxygen atoms in total. The molecule has 0 bridgehead atoms. The number of aromatic nitrogens is 4. The van der Waals surface area contributed by atoms with E-state index in [9.17, 15) is 0 Å². The minimum Gasteiger partial charge on any atom is -0.321 e. The average Bonchev–Trinajstić information content (AvgIpc) is 2.68. The van der Waals surface area contributed by atoms with Crippen LogP contribution in [0.3, 0.4) is 0 Å². The lowest BCUT2D eigenvalue weighted by Gasteiger charge is -2.08. The van der Waals surface area contributed by atoms with Gasteiger partial charge in [-0.1, -0.05) is 0 Å². The van der Waals surface area contributed by atoms with E-state index in [-0.39, 0.29) is 6.04 Å². The molecule has 0 amide bonds. The molecule has 86 valence electrons. The van der Waals surface area contributed by atoms with Crippen LogP contribution in [0.2, 0.25) is 0 Å². The summed E-state index contributed by atoms with van der Waals surface area (Å²) in [7, 11) is 0. The van der Waals surface area contributed by atoms with Crippen molar-refractivity contribution in [2.24, 2.45) is 5.73 Å². The summed E-state index contributed by atoms with van der Waals surface area (Å²) in [5.41, 5.74) is 7.81. The molecule has 2 aromatic heterocycles. The van der Waals surface area contributed by atoms with Crippen LogP contribution in [0.15, 0.2) is 12.4 Å². The molecule has 2 N–H and O–H groups in total. The predicted octanol–water partition coefficient (Wildman–Crippen LogP) is 1.19. The average molecular weight is 237 g/mol. The third-order valence-corrected chi connectivity index (χ3v) is 3.07. The second kappa shape index (κ2) is 4.80. The maximum absolute atomic E-state index is 6.07. The molecule has 0 spiro atoms. The normalized spacial score (nSPS) is 13.2. The summed E-state index contributed by atoms with van der Waals surface area (Å²) >= 11 is 1.78. The standard InChI is InChI=1S/C10H15N5S/c1-7-5-9-13-14-10(15(9)6-12-7)8(11)3-4-16-2/h5-6,8H,3-4,11H2,1-2H3. The third kappa shape index (κ3) is 2.17. The van der Waals surface area contributed by atoms with Crippen LogP contribution in [0.5, 0.6) is 0 Å². The molecule has 0 saturated heterocycles. The number of thioether (sulfide) groups is 1. The van der Waals surface area contributed by atoms with Gasteiger partial charge in [0.2, 0.25) is 0 Å². The SMILES string of the molecule is CSCCC(N)c1nnc2cc(C)ncn12. The van der Waals surface area contributed by atoms with Gasteiger partial charge >= 0.3 is 0 Å². The lowest BCUT2D eigenvalue weighted by atomic mass is 10.2. The molecule has 0 fully saturated rings. The molecular weight excluding hydrogens is 222 g/mol. The second-order valence-electron chi connectivity index (χ2n) is 3.70. The zero-order valence-electron chi connectivity index (χ0n) is 9.42. The van der Waals surface area contributed by atoms with Gasteiger partial charge in [-0.25, -0.2) is 4.98 Å². The van der Waals surface area contributed by atoms with Crippen molar-refractivity contribution in [3.8, 4) is 0 Å². The highest BCUT2D eigenvalue weighted by Gasteiger charge is 2.13. The topological polar surface area (TPSA) is 69.1 Å². The first kappa shape index (κ1) is 11.3. The fourth-order valence-corrected chi connectivity index (χ4v) is 2.02. The molecule has 1 unspecified atom stereocenters. The fourth-order valence-electron chi connectivity index (χ4n) is 1.53. The van der Waals surface area contributed by atoms with Crippen LogP contribution >= 0.6 is 11.8 Å². The first-order valence-corrected chi connectivity index (χ1v) is 6.53. The molecular formula is C10H15N5S. The van der Waals surface area contributed by atoms with E-state index in [1.165, 1.54) is 0 Å². The minimum absolute atomic E-state index is 0.0769. The molecule has 2 heterocycles. The Kier molecular flexibility index (Phi) is 3.40. The summed E-state index contributed by atoms with van der Waals surface area (Å²) in [4.78, 5) is 4.23. The summed E-state index contributed by atoms with van der Waals surface area (Å²) in [6.07, 6.45) is 4.70. The molecule has 2 aromatic rings. The molecule has 16 heavy (non-hydrogen) atoms. The summed E-state index contributed by atoms with van der Waals surface area (Å²) < 4.78 is 1.86. The highest BCUT2D eigenvalue weighted by molar-refractivity contribution is 7.98. The van der Waals surface area contributed by atoms with E-state index in [4.69, 9.17) is 5.73 Å². The molecule has 0 aliphatic carbocycles. The van der Waals surface area contributed by atoms with Crippen molar-refractivity contribution in [2.45, 2.75) is 19.4 Å². The van der Waals surface area contributed by atoms with Gasteiger partial charge in [0.25, 0.3) is 0 Å². The number of nitrogens with two attached hydrogens (primary N) is 1. The first-order chi connectivity index (χ1) is 7.72. The van der Waals surface area contributed by atoms with Crippen LogP contribution in [0.4, 0.5) is 0 Å². The van der Waals surface area contributed by atoms with E-state index in [0.717, 1.165) is 29.3 Å². The van der Waals surface area contributed by atoms with Crippen molar-refractivity contribution in [2.75, 3.05) is 12.0 Å². The van der Waals surface area contributed by atoms with Crippen molar-refractivity contribution in [3.63, 3.8) is 0 Å². The number of nitrogens with zero attached hydrogens (tertiary/aromatic N) is 4. The van der Waals surface area contributed by atoms with Crippen molar-refractivity contribution in [1.82, 2.24) is 19.6 Å². The number of hydrogen-bond donors (Lipinski definition) is 1. The van der Waals surface area contributed by atoms with Gasteiger partial charge in [0.1, 0.15) is 6.33 Å². The number of aryl methyl sites for hydroxylation is 1. The van der Waals surface area contributed by atoms with E-state index in [1.54, 1.807) is 18.1 Å². The zero-order chi connectivity index (χ0) is 11.5. The van der Waals surface area contributed by atoms with E-state index >= 15 is 0 Å². The van der Waals surface area contributed by atoms with Gasteiger partial charge < -0.3 is 5.73 Å². The number of rotatable bonds is 4. The van der Waals surface area contributed by atoms with Gasteiger partial charge in [-0.15, -0.1) is 10.2 Å². The molecule has 2 rings (SSSR count). The molecule has 0 radical (unpaired) electrons. The van der Waals surface area contributed by atoms with Crippen molar-refractivity contribution in [1.29, 1.82) is 0 Å². The highest BCUT2D eigenvalue weighted by Crippen LogP contribution is 2.15. The largest absolute Gasteiger partial charge is 0.321 e. The van der Waals surface area contributed by atoms with Crippen LogP contribution in [0.1, 0.15) is 24.0 Å². The summed E-state index contributed by atoms with van der Waals surface area (Å²) in [6.45, 7) is 1.93. The van der Waals surface area contributed by atoms with E-state index in [0.29, 0.717) is 0 Å². The van der Waals surface area contributed by atoms with E-state index in [1.807, 2.05) is 17.4 Å². The van der Waals surface area contributed by atoms with Gasteiger partial charge in [0.05, 0.1) is 6.04 Å². The van der Waals surface area contributed by atoms with Crippen LogP contribution in [0, 0.1) is 6.92 Å². The lowest BCUT2D eigenvalue weighted by molar-refractivity contribution is 0.643. The molecule has 0 aliphatic heterocycles. The van der Waals surface area contributed by atoms with Gasteiger partial charge in [-0.05, 0) is 25.4 Å². The maximum Gasteiger partial charge on any atom is 0.163 e. The second-order valence-corrected chi connectivity index (χ2v) is 4.69. The predicted molar refractivity (Wildman–Crippen MR) is 65.4 cm³/mol. The molecule has 0 aliphatic rings.